The Labute approximate surface area is 103 Å². The van der Waals surface area contributed by atoms with Crippen LogP contribution in [0, 0.1) is 0 Å². The molecule has 2 fully saturated rings. The lowest BCUT2D eigenvalue weighted by molar-refractivity contribution is -0.254. The summed E-state index contributed by atoms with van der Waals surface area (Å²) in [5.74, 6) is -0.0445. The highest BCUT2D eigenvalue weighted by molar-refractivity contribution is 7.91. The quantitative estimate of drug-likeness (QED) is 0.776. The lowest BCUT2D eigenvalue weighted by atomic mass is 10.0. The third kappa shape index (κ3) is 3.40. The van der Waals surface area contributed by atoms with Gasteiger partial charge in [-0.05, 0) is 27.2 Å². The Morgan fingerprint density at radius 3 is 2.24 bits per heavy atom. The molecule has 2 heterocycles. The fourth-order valence-corrected chi connectivity index (χ4v) is 4.50. The molecule has 0 aromatic heterocycles. The highest BCUT2D eigenvalue weighted by Crippen LogP contribution is 2.25. The molecule has 1 N–H and O–H groups in total. The first-order valence-electron chi connectivity index (χ1n) is 5.96. The largest absolute Gasteiger partial charge is 0.349 e. The van der Waals surface area contributed by atoms with Gasteiger partial charge in [0.15, 0.2) is 15.6 Å². The molecule has 17 heavy (non-hydrogen) atoms. The van der Waals surface area contributed by atoms with Crippen molar-refractivity contribution in [1.29, 1.82) is 0 Å². The molecule has 0 aromatic rings. The fourth-order valence-electron chi connectivity index (χ4n) is 2.39. The van der Waals surface area contributed by atoms with E-state index in [1.165, 1.54) is 0 Å². The number of sulfone groups is 1. The zero-order valence-electron chi connectivity index (χ0n) is 10.7. The van der Waals surface area contributed by atoms with E-state index in [-0.39, 0.29) is 23.1 Å². The minimum Gasteiger partial charge on any atom is -0.349 e. The number of nitrogens with one attached hydrogen (secondary N) is 1. The molecule has 0 spiro atoms. The van der Waals surface area contributed by atoms with Gasteiger partial charge in [-0.25, -0.2) is 8.42 Å². The van der Waals surface area contributed by atoms with Crippen LogP contribution < -0.4 is 5.32 Å². The minimum atomic E-state index is -2.87. The van der Waals surface area contributed by atoms with Gasteiger partial charge in [0, 0.05) is 5.54 Å². The maximum Gasteiger partial charge on any atom is 0.162 e. The Balaban J connectivity index is 1.90. The first-order valence-corrected chi connectivity index (χ1v) is 7.78. The Hall–Kier alpha value is -0.170. The molecule has 0 aliphatic carbocycles. The molecule has 0 amide bonds. The van der Waals surface area contributed by atoms with E-state index in [1.54, 1.807) is 0 Å². The third-order valence-electron chi connectivity index (χ3n) is 3.32. The molecule has 0 radical (unpaired) electrons. The van der Waals surface area contributed by atoms with Gasteiger partial charge in [0.25, 0.3) is 0 Å². The SMILES string of the molecule is CC1(NC2COC(C)(C)OC2)CCS(=O)(=O)C1. The third-order valence-corrected chi connectivity index (χ3v) is 5.22. The van der Waals surface area contributed by atoms with Crippen LogP contribution in [0.5, 0.6) is 0 Å². The van der Waals surface area contributed by atoms with E-state index >= 15 is 0 Å². The first-order chi connectivity index (χ1) is 7.70. The lowest BCUT2D eigenvalue weighted by Crippen LogP contribution is -2.56. The van der Waals surface area contributed by atoms with Gasteiger partial charge in [0.2, 0.25) is 0 Å². The predicted molar refractivity (Wildman–Crippen MR) is 64.6 cm³/mol. The maximum atomic E-state index is 11.5. The summed E-state index contributed by atoms with van der Waals surface area (Å²) in [6.07, 6.45) is 0.662. The number of hydrogen-bond donors (Lipinski definition) is 1. The van der Waals surface area contributed by atoms with Gasteiger partial charge < -0.3 is 14.8 Å². The van der Waals surface area contributed by atoms with Crippen LogP contribution in [0.15, 0.2) is 0 Å². The van der Waals surface area contributed by atoms with Crippen molar-refractivity contribution >= 4 is 9.84 Å². The summed E-state index contributed by atoms with van der Waals surface area (Å²) in [5, 5.41) is 3.36. The van der Waals surface area contributed by atoms with Crippen molar-refractivity contribution in [2.24, 2.45) is 0 Å². The second-order valence-electron chi connectivity index (χ2n) is 5.77. The molecular weight excluding hydrogens is 242 g/mol. The zero-order chi connectivity index (χ0) is 12.7. The van der Waals surface area contributed by atoms with E-state index in [1.807, 2.05) is 20.8 Å². The van der Waals surface area contributed by atoms with Crippen molar-refractivity contribution in [3.8, 4) is 0 Å². The van der Waals surface area contributed by atoms with Gasteiger partial charge in [0.1, 0.15) is 0 Å². The van der Waals surface area contributed by atoms with Crippen molar-refractivity contribution in [1.82, 2.24) is 5.32 Å². The smallest absolute Gasteiger partial charge is 0.162 e. The molecule has 0 bridgehead atoms. The van der Waals surface area contributed by atoms with Gasteiger partial charge in [-0.2, -0.15) is 0 Å². The summed E-state index contributed by atoms with van der Waals surface area (Å²) < 4.78 is 34.1. The molecule has 2 aliphatic heterocycles. The van der Waals surface area contributed by atoms with Crippen molar-refractivity contribution in [3.63, 3.8) is 0 Å². The van der Waals surface area contributed by atoms with Crippen LogP contribution in [0.25, 0.3) is 0 Å². The molecule has 2 aliphatic rings. The summed E-state index contributed by atoms with van der Waals surface area (Å²) in [5.41, 5.74) is -0.336. The van der Waals surface area contributed by atoms with E-state index in [9.17, 15) is 8.42 Å². The Kier molecular flexibility index (Phi) is 3.27. The number of hydrogen-bond acceptors (Lipinski definition) is 5. The van der Waals surface area contributed by atoms with Crippen LogP contribution in [0.4, 0.5) is 0 Å². The van der Waals surface area contributed by atoms with E-state index in [0.29, 0.717) is 19.6 Å². The number of ether oxygens (including phenoxy) is 2. The van der Waals surface area contributed by atoms with Crippen molar-refractivity contribution < 1.29 is 17.9 Å². The average Bonchev–Trinajstić information content (AvgIpc) is 2.45. The van der Waals surface area contributed by atoms with Crippen LogP contribution in [-0.2, 0) is 19.3 Å². The van der Waals surface area contributed by atoms with Crippen molar-refractivity contribution in [3.05, 3.63) is 0 Å². The van der Waals surface area contributed by atoms with Gasteiger partial charge in [-0.1, -0.05) is 0 Å². The Bertz CT molecular complexity index is 382. The van der Waals surface area contributed by atoms with E-state index in [4.69, 9.17) is 9.47 Å². The van der Waals surface area contributed by atoms with E-state index < -0.39 is 15.6 Å². The lowest BCUT2D eigenvalue weighted by Gasteiger charge is -2.38. The van der Waals surface area contributed by atoms with Crippen molar-refractivity contribution in [2.45, 2.75) is 44.6 Å². The highest BCUT2D eigenvalue weighted by Gasteiger charge is 2.41. The van der Waals surface area contributed by atoms with Crippen LogP contribution in [0.2, 0.25) is 0 Å². The molecule has 2 saturated heterocycles. The normalized spacial score (nSPS) is 37.1. The number of rotatable bonds is 2. The summed E-state index contributed by atoms with van der Waals surface area (Å²) >= 11 is 0. The molecule has 1 unspecified atom stereocenters. The van der Waals surface area contributed by atoms with Crippen molar-refractivity contribution in [2.75, 3.05) is 24.7 Å². The Morgan fingerprint density at radius 2 is 1.76 bits per heavy atom. The van der Waals surface area contributed by atoms with Crippen LogP contribution in [-0.4, -0.2) is 50.5 Å². The maximum absolute atomic E-state index is 11.5. The second-order valence-corrected chi connectivity index (χ2v) is 7.95. The van der Waals surface area contributed by atoms with E-state index in [2.05, 4.69) is 5.32 Å². The fraction of sp³-hybridized carbons (Fsp3) is 1.00. The molecule has 1 atom stereocenters. The molecule has 100 valence electrons. The van der Waals surface area contributed by atoms with Crippen LogP contribution >= 0.6 is 0 Å². The van der Waals surface area contributed by atoms with Gasteiger partial charge in [-0.3, -0.25) is 0 Å². The highest BCUT2D eigenvalue weighted by atomic mass is 32.2. The molecule has 6 heteroatoms. The summed E-state index contributed by atoms with van der Waals surface area (Å²) in [6.45, 7) is 6.83. The molecular formula is C11H21NO4S. The topological polar surface area (TPSA) is 64.6 Å². The van der Waals surface area contributed by atoms with Gasteiger partial charge in [0.05, 0.1) is 30.8 Å². The standard InChI is InChI=1S/C11H21NO4S/c1-10(2)15-6-9(7-16-10)12-11(3)4-5-17(13,14)8-11/h9,12H,4-8H2,1-3H3. The molecule has 5 nitrogen and oxygen atoms in total. The Morgan fingerprint density at radius 1 is 1.18 bits per heavy atom. The average molecular weight is 263 g/mol. The molecule has 0 saturated carbocycles. The summed E-state index contributed by atoms with van der Waals surface area (Å²) in [6, 6.07) is 0.0707. The van der Waals surface area contributed by atoms with Gasteiger partial charge >= 0.3 is 0 Å². The van der Waals surface area contributed by atoms with Crippen LogP contribution in [0.3, 0.4) is 0 Å². The monoisotopic (exact) mass is 263 g/mol. The predicted octanol–water partition coefficient (Wildman–Crippen LogP) is 0.305. The minimum absolute atomic E-state index is 0.0707. The van der Waals surface area contributed by atoms with Crippen LogP contribution in [0.1, 0.15) is 27.2 Å². The first kappa shape index (κ1) is 13.3. The molecule has 2 rings (SSSR count). The summed E-state index contributed by atoms with van der Waals surface area (Å²) in [7, 11) is -2.87. The van der Waals surface area contributed by atoms with E-state index in [0.717, 1.165) is 0 Å². The summed E-state index contributed by atoms with van der Waals surface area (Å²) in [4.78, 5) is 0. The second kappa shape index (κ2) is 4.19. The molecule has 0 aromatic carbocycles. The van der Waals surface area contributed by atoms with Gasteiger partial charge in [-0.15, -0.1) is 0 Å². The zero-order valence-corrected chi connectivity index (χ0v) is 11.5.